The molecule has 0 N–H and O–H groups in total. The second-order valence-corrected chi connectivity index (χ2v) is 7.83. The summed E-state index contributed by atoms with van der Waals surface area (Å²) in [5.74, 6) is 0.350. The molecule has 4 heteroatoms. The highest BCUT2D eigenvalue weighted by atomic mass is 16.2. The van der Waals surface area contributed by atoms with E-state index in [1.165, 1.54) is 36.9 Å². The summed E-state index contributed by atoms with van der Waals surface area (Å²) in [6.45, 7) is 4.07. The van der Waals surface area contributed by atoms with Crippen LogP contribution in [-0.2, 0) is 11.3 Å². The van der Waals surface area contributed by atoms with Crippen molar-refractivity contribution in [2.24, 2.45) is 0 Å². The van der Waals surface area contributed by atoms with Gasteiger partial charge in [0.1, 0.15) is 0 Å². The van der Waals surface area contributed by atoms with E-state index >= 15 is 0 Å². The van der Waals surface area contributed by atoms with Gasteiger partial charge in [-0.3, -0.25) is 14.7 Å². The average molecular weight is 364 g/mol. The summed E-state index contributed by atoms with van der Waals surface area (Å²) in [5.41, 5.74) is 3.75. The van der Waals surface area contributed by atoms with E-state index in [1.54, 1.807) is 0 Å². The Labute approximate surface area is 162 Å². The summed E-state index contributed by atoms with van der Waals surface area (Å²) in [6, 6.07) is 13.6. The van der Waals surface area contributed by atoms with Gasteiger partial charge in [0.05, 0.1) is 0 Å². The number of carbonyl (C=O) groups is 1. The maximum atomic E-state index is 11.9. The summed E-state index contributed by atoms with van der Waals surface area (Å²) in [4.78, 5) is 20.8. The van der Waals surface area contributed by atoms with Crippen molar-refractivity contribution in [1.82, 2.24) is 14.8 Å². The molecule has 2 aliphatic rings. The number of benzene rings is 1. The molecule has 4 rings (SSSR count). The van der Waals surface area contributed by atoms with Gasteiger partial charge in [-0.25, -0.2) is 0 Å². The smallest absolute Gasteiger partial charge is 0.222 e. The Balaban J connectivity index is 1.37. The highest BCUT2D eigenvalue weighted by molar-refractivity contribution is 5.78. The molecule has 2 aliphatic heterocycles. The number of aromatic nitrogens is 1. The van der Waals surface area contributed by atoms with Crippen LogP contribution < -0.4 is 0 Å². The third-order valence-electron chi connectivity index (χ3n) is 5.99. The Hall–Kier alpha value is -2.20. The third-order valence-corrected chi connectivity index (χ3v) is 5.99. The van der Waals surface area contributed by atoms with Crippen LogP contribution in [0.2, 0.25) is 0 Å². The fourth-order valence-corrected chi connectivity index (χ4v) is 4.41. The molecule has 0 bridgehead atoms. The normalized spacial score (nSPS) is 21.0. The lowest BCUT2D eigenvalue weighted by Crippen LogP contribution is -2.41. The molecule has 1 aromatic heterocycles. The standard InChI is InChI=1S/C23H29N3O/c27-23-7-4-15-25(23)16-12-22-6-1-2-14-26(22)18-19-8-10-20(11-9-19)21-5-3-13-24-17-21/h3,5,8-11,13,17,22H,1-2,4,6-7,12,14-16,18H2. The van der Waals surface area contributed by atoms with Gasteiger partial charge in [0.15, 0.2) is 0 Å². The van der Waals surface area contributed by atoms with Crippen LogP contribution in [-0.4, -0.2) is 46.4 Å². The van der Waals surface area contributed by atoms with E-state index < -0.39 is 0 Å². The molecular formula is C23H29N3O. The lowest BCUT2D eigenvalue weighted by molar-refractivity contribution is -0.127. The number of rotatable bonds is 6. The van der Waals surface area contributed by atoms with Gasteiger partial charge in [-0.2, -0.15) is 0 Å². The van der Waals surface area contributed by atoms with Gasteiger partial charge in [0.2, 0.25) is 5.91 Å². The number of piperidine rings is 1. The summed E-state index contributed by atoms with van der Waals surface area (Å²) >= 11 is 0. The average Bonchev–Trinajstić information content (AvgIpc) is 3.13. The zero-order valence-electron chi connectivity index (χ0n) is 16.0. The summed E-state index contributed by atoms with van der Waals surface area (Å²) in [7, 11) is 0. The predicted octanol–water partition coefficient (Wildman–Crippen LogP) is 4.12. The number of amides is 1. The Kier molecular flexibility index (Phi) is 5.83. The van der Waals surface area contributed by atoms with Crippen LogP contribution in [0.5, 0.6) is 0 Å². The van der Waals surface area contributed by atoms with Crippen LogP contribution in [0.1, 0.15) is 44.1 Å². The van der Waals surface area contributed by atoms with Gasteiger partial charge in [-0.05, 0) is 55.0 Å². The molecule has 27 heavy (non-hydrogen) atoms. The molecule has 2 aromatic rings. The first-order valence-electron chi connectivity index (χ1n) is 10.3. The van der Waals surface area contributed by atoms with E-state index in [2.05, 4.69) is 45.1 Å². The predicted molar refractivity (Wildman–Crippen MR) is 108 cm³/mol. The molecule has 2 saturated heterocycles. The third kappa shape index (κ3) is 4.56. The number of nitrogens with zero attached hydrogens (tertiary/aromatic N) is 3. The van der Waals surface area contributed by atoms with E-state index in [9.17, 15) is 4.79 Å². The van der Waals surface area contributed by atoms with E-state index in [0.29, 0.717) is 11.9 Å². The molecule has 1 aromatic carbocycles. The maximum Gasteiger partial charge on any atom is 0.222 e. The van der Waals surface area contributed by atoms with Crippen molar-refractivity contribution in [2.75, 3.05) is 19.6 Å². The number of carbonyl (C=O) groups excluding carboxylic acids is 1. The first-order valence-corrected chi connectivity index (χ1v) is 10.3. The summed E-state index contributed by atoms with van der Waals surface area (Å²) in [5, 5.41) is 0. The van der Waals surface area contributed by atoms with Gasteiger partial charge >= 0.3 is 0 Å². The molecule has 4 nitrogen and oxygen atoms in total. The second-order valence-electron chi connectivity index (χ2n) is 7.83. The fourth-order valence-electron chi connectivity index (χ4n) is 4.41. The largest absolute Gasteiger partial charge is 0.343 e. The fraction of sp³-hybridized carbons (Fsp3) is 0.478. The number of pyridine rings is 1. The van der Waals surface area contributed by atoms with Crippen molar-refractivity contribution < 1.29 is 4.79 Å². The van der Waals surface area contributed by atoms with Crippen LogP contribution in [0.15, 0.2) is 48.8 Å². The van der Waals surface area contributed by atoms with Crippen molar-refractivity contribution in [3.63, 3.8) is 0 Å². The van der Waals surface area contributed by atoms with E-state index in [1.807, 2.05) is 18.5 Å². The van der Waals surface area contributed by atoms with Gasteiger partial charge in [0, 0.05) is 44.5 Å². The van der Waals surface area contributed by atoms with Crippen molar-refractivity contribution >= 4 is 5.91 Å². The quantitative estimate of drug-likeness (QED) is 0.775. The van der Waals surface area contributed by atoms with Gasteiger partial charge in [-0.1, -0.05) is 36.8 Å². The van der Waals surface area contributed by atoms with E-state index in [0.717, 1.165) is 44.5 Å². The SMILES string of the molecule is O=C1CCCN1CCC1CCCCN1Cc1ccc(-c2cccnc2)cc1. The Bertz CT molecular complexity index is 744. The highest BCUT2D eigenvalue weighted by Gasteiger charge is 2.25. The number of likely N-dealkylation sites (tertiary alicyclic amines) is 2. The molecule has 0 aliphatic carbocycles. The molecular weight excluding hydrogens is 334 g/mol. The van der Waals surface area contributed by atoms with Crippen molar-refractivity contribution in [1.29, 1.82) is 0 Å². The number of hydrogen-bond acceptors (Lipinski definition) is 3. The first-order chi connectivity index (χ1) is 13.3. The molecule has 0 saturated carbocycles. The summed E-state index contributed by atoms with van der Waals surface area (Å²) in [6.07, 6.45) is 10.5. The first kappa shape index (κ1) is 18.2. The van der Waals surface area contributed by atoms with Crippen molar-refractivity contribution in [3.8, 4) is 11.1 Å². The zero-order chi connectivity index (χ0) is 18.5. The molecule has 0 spiro atoms. The minimum atomic E-state index is 0.350. The molecule has 1 unspecified atom stereocenters. The molecule has 0 radical (unpaired) electrons. The van der Waals surface area contributed by atoms with Crippen LogP contribution in [0.4, 0.5) is 0 Å². The number of hydrogen-bond donors (Lipinski definition) is 0. The monoisotopic (exact) mass is 363 g/mol. The minimum absolute atomic E-state index is 0.350. The molecule has 142 valence electrons. The Morgan fingerprint density at radius 2 is 1.89 bits per heavy atom. The highest BCUT2D eigenvalue weighted by Crippen LogP contribution is 2.24. The van der Waals surface area contributed by atoms with E-state index in [-0.39, 0.29) is 0 Å². The second kappa shape index (κ2) is 8.66. The van der Waals surface area contributed by atoms with Crippen LogP contribution in [0, 0.1) is 0 Å². The minimum Gasteiger partial charge on any atom is -0.343 e. The zero-order valence-corrected chi connectivity index (χ0v) is 16.0. The lowest BCUT2D eigenvalue weighted by Gasteiger charge is -2.36. The topological polar surface area (TPSA) is 36.4 Å². The van der Waals surface area contributed by atoms with Crippen molar-refractivity contribution in [2.45, 2.75) is 51.1 Å². The maximum absolute atomic E-state index is 11.9. The van der Waals surface area contributed by atoms with Gasteiger partial charge in [-0.15, -0.1) is 0 Å². The van der Waals surface area contributed by atoms with Crippen molar-refractivity contribution in [3.05, 3.63) is 54.4 Å². The van der Waals surface area contributed by atoms with Crippen LogP contribution in [0.25, 0.3) is 11.1 Å². The molecule has 3 heterocycles. The molecule has 1 atom stereocenters. The van der Waals surface area contributed by atoms with Crippen LogP contribution >= 0.6 is 0 Å². The summed E-state index contributed by atoms with van der Waals surface area (Å²) < 4.78 is 0. The van der Waals surface area contributed by atoms with Crippen LogP contribution in [0.3, 0.4) is 0 Å². The Morgan fingerprint density at radius 1 is 1.00 bits per heavy atom. The molecule has 2 fully saturated rings. The lowest BCUT2D eigenvalue weighted by atomic mass is 9.97. The van der Waals surface area contributed by atoms with E-state index in [4.69, 9.17) is 0 Å². The van der Waals surface area contributed by atoms with Gasteiger partial charge in [0.25, 0.3) is 0 Å². The van der Waals surface area contributed by atoms with Gasteiger partial charge < -0.3 is 4.90 Å². The Morgan fingerprint density at radius 3 is 2.63 bits per heavy atom. The molecule has 1 amide bonds.